The summed E-state index contributed by atoms with van der Waals surface area (Å²) in [5, 5.41) is 5.05. The molecule has 27 heavy (non-hydrogen) atoms. The third-order valence-corrected chi connectivity index (χ3v) is 3.83. The first-order valence-electron chi connectivity index (χ1n) is 7.96. The number of aryl methyl sites for hydroxylation is 1. The molecule has 1 aromatic heterocycles. The second kappa shape index (κ2) is 9.00. The number of rotatable bonds is 6. The number of hydrogen-bond donors (Lipinski definition) is 2. The van der Waals surface area contributed by atoms with Crippen molar-refractivity contribution in [1.82, 2.24) is 15.2 Å². The van der Waals surface area contributed by atoms with Crippen LogP contribution < -0.4 is 10.6 Å². The van der Waals surface area contributed by atoms with E-state index in [1.807, 2.05) is 0 Å². The first kappa shape index (κ1) is 20.2. The van der Waals surface area contributed by atoms with Gasteiger partial charge in [-0.05, 0) is 43.3 Å². The van der Waals surface area contributed by atoms with Crippen LogP contribution in [0.3, 0.4) is 0 Å². The molecule has 0 fully saturated rings. The molecule has 3 amide bonds. The quantitative estimate of drug-likeness (QED) is 0.722. The summed E-state index contributed by atoms with van der Waals surface area (Å²) in [4.78, 5) is 47.6. The first-order chi connectivity index (χ1) is 12.8. The highest BCUT2D eigenvalue weighted by molar-refractivity contribution is 6.30. The highest BCUT2D eigenvalue weighted by Crippen LogP contribution is 2.09. The van der Waals surface area contributed by atoms with E-state index in [9.17, 15) is 19.2 Å². The maximum Gasteiger partial charge on any atom is 0.328 e. The van der Waals surface area contributed by atoms with Gasteiger partial charge in [-0.15, -0.1) is 0 Å². The molecule has 2 rings (SSSR count). The molecule has 142 valence electrons. The summed E-state index contributed by atoms with van der Waals surface area (Å²) in [5.74, 6) is -2.67. The molecule has 0 unspecified atom stereocenters. The fourth-order valence-electron chi connectivity index (χ4n) is 2.13. The van der Waals surface area contributed by atoms with Gasteiger partial charge in [0.05, 0.1) is 0 Å². The van der Waals surface area contributed by atoms with Gasteiger partial charge >= 0.3 is 5.97 Å². The standard InChI is InChI=1S/C18H18ClN3O5/c1-11(20-16(24)12-5-7-13(19)8-6-12)18(26)27-10-15(23)21-17(25)14-4-3-9-22(14)2/h3-9,11H,10H2,1-2H3,(H,20,24)(H,21,23,25)/t11-/m0/s1. The first-order valence-corrected chi connectivity index (χ1v) is 8.34. The molecule has 2 aromatic rings. The molecule has 2 N–H and O–H groups in total. The Kier molecular flexibility index (Phi) is 6.73. The van der Waals surface area contributed by atoms with Gasteiger partial charge < -0.3 is 14.6 Å². The van der Waals surface area contributed by atoms with Crippen molar-refractivity contribution in [2.75, 3.05) is 6.61 Å². The van der Waals surface area contributed by atoms with E-state index in [4.69, 9.17) is 16.3 Å². The molecule has 1 atom stereocenters. The van der Waals surface area contributed by atoms with Gasteiger partial charge in [0.25, 0.3) is 17.7 Å². The Morgan fingerprint density at radius 1 is 1.11 bits per heavy atom. The van der Waals surface area contributed by atoms with Gasteiger partial charge in [-0.25, -0.2) is 4.79 Å². The van der Waals surface area contributed by atoms with E-state index in [0.717, 1.165) is 0 Å². The highest BCUT2D eigenvalue weighted by atomic mass is 35.5. The lowest BCUT2D eigenvalue weighted by Gasteiger charge is -2.13. The number of aromatic nitrogens is 1. The zero-order chi connectivity index (χ0) is 20.0. The minimum absolute atomic E-state index is 0.290. The number of carbonyl (C=O) groups is 4. The predicted molar refractivity (Wildman–Crippen MR) is 97.2 cm³/mol. The number of nitrogens with zero attached hydrogens (tertiary/aromatic N) is 1. The Labute approximate surface area is 160 Å². The maximum absolute atomic E-state index is 12.0. The number of halogens is 1. The molecular weight excluding hydrogens is 374 g/mol. The van der Waals surface area contributed by atoms with Gasteiger partial charge in [-0.1, -0.05) is 11.6 Å². The lowest BCUT2D eigenvalue weighted by atomic mass is 10.2. The van der Waals surface area contributed by atoms with Crippen LogP contribution in [0.2, 0.25) is 5.02 Å². The number of benzene rings is 1. The zero-order valence-electron chi connectivity index (χ0n) is 14.7. The van der Waals surface area contributed by atoms with Crippen LogP contribution in [-0.4, -0.2) is 40.9 Å². The number of amides is 3. The summed E-state index contributed by atoms with van der Waals surface area (Å²) in [6, 6.07) is 8.34. The molecule has 0 radical (unpaired) electrons. The maximum atomic E-state index is 12.0. The van der Waals surface area contributed by atoms with Crippen LogP contribution in [0.25, 0.3) is 0 Å². The van der Waals surface area contributed by atoms with E-state index in [1.54, 1.807) is 42.1 Å². The van der Waals surface area contributed by atoms with Gasteiger partial charge in [0.1, 0.15) is 11.7 Å². The SMILES string of the molecule is C[C@H](NC(=O)c1ccc(Cl)cc1)C(=O)OCC(=O)NC(=O)c1cccn1C. The number of carbonyl (C=O) groups excluding carboxylic acids is 4. The van der Waals surface area contributed by atoms with E-state index in [2.05, 4.69) is 10.6 Å². The number of nitrogens with one attached hydrogen (secondary N) is 2. The molecule has 0 spiro atoms. The number of hydrogen-bond acceptors (Lipinski definition) is 5. The van der Waals surface area contributed by atoms with Gasteiger partial charge in [-0.3, -0.25) is 19.7 Å². The van der Waals surface area contributed by atoms with Crippen molar-refractivity contribution in [3.8, 4) is 0 Å². The minimum atomic E-state index is -0.982. The number of imide groups is 1. The van der Waals surface area contributed by atoms with Crippen LogP contribution in [0.4, 0.5) is 0 Å². The van der Waals surface area contributed by atoms with Crippen molar-refractivity contribution in [1.29, 1.82) is 0 Å². The van der Waals surface area contributed by atoms with Gasteiger partial charge in [0.2, 0.25) is 0 Å². The Morgan fingerprint density at radius 2 is 1.78 bits per heavy atom. The zero-order valence-corrected chi connectivity index (χ0v) is 15.4. The summed E-state index contributed by atoms with van der Waals surface area (Å²) in [5.41, 5.74) is 0.614. The van der Waals surface area contributed by atoms with Crippen LogP contribution in [0.5, 0.6) is 0 Å². The molecule has 0 aliphatic heterocycles. The fraction of sp³-hybridized carbons (Fsp3) is 0.222. The largest absolute Gasteiger partial charge is 0.454 e. The molecule has 0 aliphatic carbocycles. The number of ether oxygens (including phenoxy) is 1. The summed E-state index contributed by atoms with van der Waals surface area (Å²) >= 11 is 5.75. The molecular formula is C18H18ClN3O5. The van der Waals surface area contributed by atoms with E-state index in [-0.39, 0.29) is 0 Å². The normalized spacial score (nSPS) is 11.4. The highest BCUT2D eigenvalue weighted by Gasteiger charge is 2.20. The molecule has 0 saturated carbocycles. The molecule has 0 saturated heterocycles. The molecule has 1 aromatic carbocycles. The van der Waals surface area contributed by atoms with Crippen LogP contribution in [-0.2, 0) is 21.4 Å². The van der Waals surface area contributed by atoms with Crippen molar-refractivity contribution < 1.29 is 23.9 Å². The van der Waals surface area contributed by atoms with E-state index in [0.29, 0.717) is 16.3 Å². The average molecular weight is 392 g/mol. The fourth-order valence-corrected chi connectivity index (χ4v) is 2.25. The molecule has 9 heteroatoms. The average Bonchev–Trinajstić information content (AvgIpc) is 3.06. The molecule has 8 nitrogen and oxygen atoms in total. The smallest absolute Gasteiger partial charge is 0.328 e. The molecule has 0 bridgehead atoms. The Balaban J connectivity index is 1.79. The minimum Gasteiger partial charge on any atom is -0.454 e. The lowest BCUT2D eigenvalue weighted by Crippen LogP contribution is -2.41. The second-order valence-corrected chi connectivity index (χ2v) is 6.13. The van der Waals surface area contributed by atoms with Crippen molar-refractivity contribution in [3.05, 3.63) is 58.9 Å². The Morgan fingerprint density at radius 3 is 2.37 bits per heavy atom. The summed E-state index contributed by atoms with van der Waals surface area (Å²) in [7, 11) is 1.66. The Bertz CT molecular complexity index is 860. The van der Waals surface area contributed by atoms with E-state index in [1.165, 1.54) is 19.1 Å². The number of esters is 1. The van der Waals surface area contributed by atoms with Crippen LogP contribution in [0.1, 0.15) is 27.8 Å². The van der Waals surface area contributed by atoms with Crippen LogP contribution >= 0.6 is 11.6 Å². The monoisotopic (exact) mass is 391 g/mol. The van der Waals surface area contributed by atoms with Crippen molar-refractivity contribution in [2.24, 2.45) is 7.05 Å². The van der Waals surface area contributed by atoms with E-state index < -0.39 is 36.3 Å². The molecule has 0 aliphatic rings. The summed E-state index contributed by atoms with van der Waals surface area (Å²) in [6.45, 7) is 0.777. The van der Waals surface area contributed by atoms with Gasteiger partial charge in [0, 0.05) is 23.8 Å². The van der Waals surface area contributed by atoms with Crippen LogP contribution in [0, 0.1) is 0 Å². The third kappa shape index (κ3) is 5.68. The van der Waals surface area contributed by atoms with Crippen molar-refractivity contribution in [3.63, 3.8) is 0 Å². The third-order valence-electron chi connectivity index (χ3n) is 3.58. The van der Waals surface area contributed by atoms with Crippen molar-refractivity contribution >= 4 is 35.3 Å². The second-order valence-electron chi connectivity index (χ2n) is 5.69. The van der Waals surface area contributed by atoms with Gasteiger partial charge in [0.15, 0.2) is 6.61 Å². The topological polar surface area (TPSA) is 106 Å². The lowest BCUT2D eigenvalue weighted by molar-refractivity contribution is -0.149. The van der Waals surface area contributed by atoms with Crippen LogP contribution in [0.15, 0.2) is 42.6 Å². The Hall–Kier alpha value is -3.13. The van der Waals surface area contributed by atoms with E-state index >= 15 is 0 Å². The summed E-state index contributed by atoms with van der Waals surface area (Å²) < 4.78 is 6.37. The molecule has 1 heterocycles. The summed E-state index contributed by atoms with van der Waals surface area (Å²) in [6.07, 6.45) is 1.66. The van der Waals surface area contributed by atoms with Crippen molar-refractivity contribution in [2.45, 2.75) is 13.0 Å². The predicted octanol–water partition coefficient (Wildman–Crippen LogP) is 1.30. The van der Waals surface area contributed by atoms with Gasteiger partial charge in [-0.2, -0.15) is 0 Å².